The van der Waals surface area contributed by atoms with Crippen LogP contribution in [0.4, 0.5) is 5.82 Å². The number of para-hydroxylation sites is 1. The van der Waals surface area contributed by atoms with Crippen molar-refractivity contribution in [3.63, 3.8) is 0 Å². The quantitative estimate of drug-likeness (QED) is 0.601. The zero-order chi connectivity index (χ0) is 19.1. The maximum atomic E-state index is 12.5. The van der Waals surface area contributed by atoms with Gasteiger partial charge in [-0.1, -0.05) is 18.2 Å². The first-order valence-corrected chi connectivity index (χ1v) is 9.09. The molecule has 1 N–H and O–H groups in total. The monoisotopic (exact) mass is 370 g/mol. The molecule has 1 unspecified atom stereocenters. The fourth-order valence-electron chi connectivity index (χ4n) is 3.82. The van der Waals surface area contributed by atoms with Gasteiger partial charge in [0.1, 0.15) is 5.82 Å². The molecule has 4 aromatic rings. The molecule has 1 aliphatic heterocycles. The van der Waals surface area contributed by atoms with E-state index in [2.05, 4.69) is 15.4 Å². The number of rotatable bonds is 3. The summed E-state index contributed by atoms with van der Waals surface area (Å²) in [4.78, 5) is 16.7. The van der Waals surface area contributed by atoms with Crippen LogP contribution in [0.1, 0.15) is 23.6 Å². The van der Waals surface area contributed by atoms with Crippen molar-refractivity contribution in [2.75, 3.05) is 5.32 Å². The van der Waals surface area contributed by atoms with Crippen molar-refractivity contribution in [2.24, 2.45) is 7.05 Å². The third kappa shape index (κ3) is 2.60. The van der Waals surface area contributed by atoms with E-state index in [1.807, 2.05) is 60.3 Å². The number of nitrogens with one attached hydrogen (secondary N) is 1. The predicted octanol–water partition coefficient (Wildman–Crippen LogP) is 3.14. The number of anilines is 1. The van der Waals surface area contributed by atoms with Crippen LogP contribution in [0.25, 0.3) is 16.9 Å². The minimum absolute atomic E-state index is 0.0287. The summed E-state index contributed by atoms with van der Waals surface area (Å²) in [6.07, 6.45) is 5.65. The molecular formula is C21H18N6O. The van der Waals surface area contributed by atoms with E-state index in [1.165, 1.54) is 0 Å². The number of carbonyl (C=O) groups excluding carboxylic acids is 1. The predicted molar refractivity (Wildman–Crippen MR) is 105 cm³/mol. The highest BCUT2D eigenvalue weighted by atomic mass is 16.1. The molecule has 0 saturated heterocycles. The van der Waals surface area contributed by atoms with E-state index in [0.717, 1.165) is 34.0 Å². The van der Waals surface area contributed by atoms with Gasteiger partial charge in [-0.3, -0.25) is 14.5 Å². The highest BCUT2D eigenvalue weighted by Gasteiger charge is 2.35. The lowest BCUT2D eigenvalue weighted by Crippen LogP contribution is -2.26. The molecule has 0 aliphatic carbocycles. The highest BCUT2D eigenvalue weighted by Crippen LogP contribution is 2.42. The normalized spacial score (nSPS) is 15.9. The molecule has 1 amide bonds. The summed E-state index contributed by atoms with van der Waals surface area (Å²) in [5.74, 6) is 0.537. The molecule has 0 spiro atoms. The Morgan fingerprint density at radius 1 is 1.07 bits per heavy atom. The first kappa shape index (κ1) is 16.4. The Hall–Kier alpha value is -3.74. The van der Waals surface area contributed by atoms with Crippen LogP contribution in [0.15, 0.2) is 67.1 Å². The number of fused-ring (bicyclic) bond motifs is 1. The first-order chi connectivity index (χ1) is 13.7. The summed E-state index contributed by atoms with van der Waals surface area (Å²) in [5.41, 5.74) is 4.66. The SMILES string of the molecule is Cn1nc(-c2cccnc2)c2c1NC(=O)CC2c1ccnn1-c1ccccc1. The lowest BCUT2D eigenvalue weighted by atomic mass is 9.87. The Morgan fingerprint density at radius 3 is 2.71 bits per heavy atom. The van der Waals surface area contributed by atoms with Gasteiger partial charge in [-0.15, -0.1) is 0 Å². The smallest absolute Gasteiger partial charge is 0.226 e. The van der Waals surface area contributed by atoms with Gasteiger partial charge < -0.3 is 5.32 Å². The van der Waals surface area contributed by atoms with Gasteiger partial charge in [0.15, 0.2) is 0 Å². The van der Waals surface area contributed by atoms with E-state index in [0.29, 0.717) is 6.42 Å². The molecule has 0 bridgehead atoms. The topological polar surface area (TPSA) is 77.6 Å². The van der Waals surface area contributed by atoms with E-state index in [9.17, 15) is 4.79 Å². The lowest BCUT2D eigenvalue weighted by molar-refractivity contribution is -0.116. The molecule has 5 rings (SSSR count). The number of hydrogen-bond donors (Lipinski definition) is 1. The van der Waals surface area contributed by atoms with E-state index >= 15 is 0 Å². The first-order valence-electron chi connectivity index (χ1n) is 9.09. The molecule has 0 radical (unpaired) electrons. The summed E-state index contributed by atoms with van der Waals surface area (Å²) in [7, 11) is 1.84. The van der Waals surface area contributed by atoms with E-state index < -0.39 is 0 Å². The standard InChI is InChI=1S/C21H18N6O/c1-26-21-19(20(25-26)14-6-5-10-22-13-14)16(12-18(28)24-21)17-9-11-23-27(17)15-7-3-2-4-8-15/h2-11,13,16H,12H2,1H3,(H,24,28). The third-order valence-electron chi connectivity index (χ3n) is 5.04. The maximum absolute atomic E-state index is 12.5. The average molecular weight is 370 g/mol. The summed E-state index contributed by atoms with van der Waals surface area (Å²) in [5, 5.41) is 12.2. The van der Waals surface area contributed by atoms with Crippen LogP contribution in [0.3, 0.4) is 0 Å². The number of nitrogens with zero attached hydrogens (tertiary/aromatic N) is 5. The van der Waals surface area contributed by atoms with Crippen molar-refractivity contribution in [1.29, 1.82) is 0 Å². The molecule has 138 valence electrons. The van der Waals surface area contributed by atoms with Crippen LogP contribution in [0, 0.1) is 0 Å². The number of aryl methyl sites for hydroxylation is 1. The van der Waals surface area contributed by atoms with Gasteiger partial charge in [0.25, 0.3) is 0 Å². The molecule has 1 atom stereocenters. The Morgan fingerprint density at radius 2 is 1.93 bits per heavy atom. The minimum atomic E-state index is -0.157. The van der Waals surface area contributed by atoms with Gasteiger partial charge >= 0.3 is 0 Å². The lowest BCUT2D eigenvalue weighted by Gasteiger charge is -2.24. The molecule has 7 heteroatoms. The zero-order valence-corrected chi connectivity index (χ0v) is 15.3. The Kier molecular flexibility index (Phi) is 3.79. The summed E-state index contributed by atoms with van der Waals surface area (Å²) in [6.45, 7) is 0. The van der Waals surface area contributed by atoms with Crippen LogP contribution < -0.4 is 5.32 Å². The highest BCUT2D eigenvalue weighted by molar-refractivity contribution is 5.96. The Labute approximate surface area is 161 Å². The van der Waals surface area contributed by atoms with Crippen molar-refractivity contribution < 1.29 is 4.79 Å². The van der Waals surface area contributed by atoms with Gasteiger partial charge in [-0.05, 0) is 30.3 Å². The molecular weight excluding hydrogens is 352 g/mol. The molecule has 3 aromatic heterocycles. The van der Waals surface area contributed by atoms with Crippen LogP contribution in [-0.4, -0.2) is 30.5 Å². The van der Waals surface area contributed by atoms with Crippen molar-refractivity contribution in [2.45, 2.75) is 12.3 Å². The summed E-state index contributed by atoms with van der Waals surface area (Å²) >= 11 is 0. The van der Waals surface area contributed by atoms with Gasteiger partial charge in [-0.25, -0.2) is 4.68 Å². The fraction of sp³-hybridized carbons (Fsp3) is 0.143. The molecule has 7 nitrogen and oxygen atoms in total. The number of amides is 1. The Balaban J connectivity index is 1.71. The number of hydrogen-bond acceptors (Lipinski definition) is 4. The average Bonchev–Trinajstić information content (AvgIpc) is 3.34. The van der Waals surface area contributed by atoms with Gasteiger partial charge in [0.05, 0.1) is 17.1 Å². The summed E-state index contributed by atoms with van der Waals surface area (Å²) < 4.78 is 3.62. The second-order valence-corrected chi connectivity index (χ2v) is 6.78. The van der Waals surface area contributed by atoms with Crippen molar-refractivity contribution in [1.82, 2.24) is 24.5 Å². The van der Waals surface area contributed by atoms with Crippen LogP contribution in [-0.2, 0) is 11.8 Å². The van der Waals surface area contributed by atoms with Gasteiger partial charge in [0.2, 0.25) is 5.91 Å². The van der Waals surface area contributed by atoms with Crippen molar-refractivity contribution in [3.05, 3.63) is 78.4 Å². The molecule has 0 fully saturated rings. The third-order valence-corrected chi connectivity index (χ3v) is 5.04. The minimum Gasteiger partial charge on any atom is -0.311 e. The maximum Gasteiger partial charge on any atom is 0.226 e. The molecule has 28 heavy (non-hydrogen) atoms. The van der Waals surface area contributed by atoms with Crippen molar-refractivity contribution in [3.8, 4) is 16.9 Å². The van der Waals surface area contributed by atoms with Gasteiger partial charge in [0, 0.05) is 49.1 Å². The second kappa shape index (κ2) is 6.45. The Bertz CT molecular complexity index is 1150. The van der Waals surface area contributed by atoms with E-state index in [1.54, 1.807) is 23.3 Å². The van der Waals surface area contributed by atoms with Crippen LogP contribution >= 0.6 is 0 Å². The number of benzene rings is 1. The van der Waals surface area contributed by atoms with E-state index in [4.69, 9.17) is 5.10 Å². The number of carbonyl (C=O) groups is 1. The molecule has 1 aromatic carbocycles. The zero-order valence-electron chi connectivity index (χ0n) is 15.3. The summed E-state index contributed by atoms with van der Waals surface area (Å²) in [6, 6.07) is 15.8. The van der Waals surface area contributed by atoms with Crippen molar-refractivity contribution >= 4 is 11.7 Å². The van der Waals surface area contributed by atoms with Crippen LogP contribution in [0.5, 0.6) is 0 Å². The van der Waals surface area contributed by atoms with E-state index in [-0.39, 0.29) is 11.8 Å². The molecule has 4 heterocycles. The molecule has 0 saturated carbocycles. The number of pyridine rings is 1. The van der Waals surface area contributed by atoms with Crippen LogP contribution in [0.2, 0.25) is 0 Å². The largest absolute Gasteiger partial charge is 0.311 e. The van der Waals surface area contributed by atoms with Gasteiger partial charge in [-0.2, -0.15) is 10.2 Å². The fourth-order valence-corrected chi connectivity index (χ4v) is 3.82. The number of aromatic nitrogens is 5. The second-order valence-electron chi connectivity index (χ2n) is 6.78. The molecule has 1 aliphatic rings.